The van der Waals surface area contributed by atoms with Crippen molar-refractivity contribution in [3.8, 4) is 0 Å². The molecule has 0 fully saturated rings. The van der Waals surface area contributed by atoms with Gasteiger partial charge in [0.2, 0.25) is 0 Å². The summed E-state index contributed by atoms with van der Waals surface area (Å²) in [6.45, 7) is 4.44. The van der Waals surface area contributed by atoms with Crippen LogP contribution in [0.25, 0.3) is 0 Å². The summed E-state index contributed by atoms with van der Waals surface area (Å²) in [5.74, 6) is 0. The van der Waals surface area contributed by atoms with E-state index in [1.165, 1.54) is 49.7 Å². The molecule has 0 bridgehead atoms. The van der Waals surface area contributed by atoms with Crippen LogP contribution in [0.2, 0.25) is 0 Å². The summed E-state index contributed by atoms with van der Waals surface area (Å²) in [6, 6.07) is 0. The quantitative estimate of drug-likeness (QED) is 0.503. The Morgan fingerprint density at radius 3 is 1.50 bits per heavy atom. The van der Waals surface area contributed by atoms with E-state index >= 15 is 0 Å². The Kier molecular flexibility index (Phi) is 16.9. The zero-order valence-electron chi connectivity index (χ0n) is 13.5. The maximum Gasteiger partial charge on any atom is 3.00 e. The van der Waals surface area contributed by atoms with Gasteiger partial charge < -0.3 is 7.43 Å². The van der Waals surface area contributed by atoms with Crippen molar-refractivity contribution in [1.82, 2.24) is 0 Å². The van der Waals surface area contributed by atoms with Gasteiger partial charge in [-0.25, -0.2) is 23.3 Å². The van der Waals surface area contributed by atoms with Crippen LogP contribution in [-0.4, -0.2) is 0 Å². The Morgan fingerprint density at radius 2 is 1.25 bits per heavy atom. The van der Waals surface area contributed by atoms with Gasteiger partial charge in [-0.1, -0.05) is 52.4 Å². The van der Waals surface area contributed by atoms with E-state index in [1.807, 2.05) is 0 Å². The normalized spacial score (nSPS) is 14.7. The Balaban J connectivity index is 0. The van der Waals surface area contributed by atoms with Gasteiger partial charge in [0, 0.05) is 0 Å². The Bertz CT molecular complexity index is 298. The fourth-order valence-electron chi connectivity index (χ4n) is 1.98. The monoisotopic (exact) mass is 347 g/mol. The topological polar surface area (TPSA) is 0 Å². The zero-order chi connectivity index (χ0) is 13.1. The average Bonchev–Trinajstić information content (AvgIpc) is 3.07. The average molecular weight is 349 g/mol. The van der Waals surface area contributed by atoms with Crippen LogP contribution >= 0.6 is 0 Å². The minimum absolute atomic E-state index is 0. The minimum atomic E-state index is 0. The van der Waals surface area contributed by atoms with Crippen LogP contribution in [0, 0.1) is 19.6 Å². The minimum Gasteiger partial charge on any atom is -0.358 e. The summed E-state index contributed by atoms with van der Waals surface area (Å²) in [5.41, 5.74) is 2.83. The molecule has 20 heavy (non-hydrogen) atoms. The van der Waals surface area contributed by atoms with Gasteiger partial charge in [0.25, 0.3) is 0 Å². The summed E-state index contributed by atoms with van der Waals surface area (Å²) in [6.07, 6.45) is 25.1. The third-order valence-corrected chi connectivity index (χ3v) is 3.13. The molecule has 0 spiro atoms. The van der Waals surface area contributed by atoms with Crippen molar-refractivity contribution in [2.24, 2.45) is 0 Å². The second kappa shape index (κ2) is 15.2. The Morgan fingerprint density at radius 1 is 0.850 bits per heavy atom. The van der Waals surface area contributed by atoms with Crippen molar-refractivity contribution in [3.63, 3.8) is 0 Å². The molecule has 1 radical (unpaired) electrons. The maximum atomic E-state index is 3.30. The number of allylic oxidation sites excluding steroid dienone is 8. The standard InChI is InChI=1S/2C9H13.CH3.Zr/c2*1-2-3-6-9-7-4-5-8-9;;/h2*4,7H,2-3,5-6H2,1H3;1H3;/q3*-1;+3. The van der Waals surface area contributed by atoms with Gasteiger partial charge in [0.05, 0.1) is 0 Å². The molecular weight excluding hydrogens is 319 g/mol. The van der Waals surface area contributed by atoms with Gasteiger partial charge in [-0.05, 0) is 0 Å². The molecule has 0 atom stereocenters. The molecule has 0 saturated carbocycles. The van der Waals surface area contributed by atoms with Crippen LogP contribution in [0.15, 0.2) is 35.5 Å². The van der Waals surface area contributed by atoms with Crippen molar-refractivity contribution in [1.29, 1.82) is 0 Å². The smallest absolute Gasteiger partial charge is 0.358 e. The molecule has 2 aliphatic rings. The molecule has 0 amide bonds. The Labute approximate surface area is 146 Å². The summed E-state index contributed by atoms with van der Waals surface area (Å²) < 4.78 is 0. The summed E-state index contributed by atoms with van der Waals surface area (Å²) in [5, 5.41) is 0. The zero-order valence-corrected chi connectivity index (χ0v) is 15.9. The van der Waals surface area contributed by atoms with Crippen LogP contribution < -0.4 is 0 Å². The number of hydrogen-bond donors (Lipinski definition) is 0. The van der Waals surface area contributed by atoms with Gasteiger partial charge in [-0.2, -0.15) is 12.2 Å². The van der Waals surface area contributed by atoms with Crippen LogP contribution in [0.4, 0.5) is 0 Å². The van der Waals surface area contributed by atoms with Crippen LogP contribution in [0.3, 0.4) is 0 Å². The van der Waals surface area contributed by atoms with E-state index in [0.29, 0.717) is 0 Å². The molecule has 0 aliphatic heterocycles. The van der Waals surface area contributed by atoms with Gasteiger partial charge in [-0.15, -0.1) is 12.8 Å². The van der Waals surface area contributed by atoms with Gasteiger partial charge in [0.15, 0.2) is 0 Å². The summed E-state index contributed by atoms with van der Waals surface area (Å²) in [7, 11) is 0. The summed E-state index contributed by atoms with van der Waals surface area (Å²) in [4.78, 5) is 0. The molecule has 0 heterocycles. The third-order valence-electron chi connectivity index (χ3n) is 3.13. The molecule has 0 nitrogen and oxygen atoms in total. The van der Waals surface area contributed by atoms with E-state index in [1.54, 1.807) is 0 Å². The van der Waals surface area contributed by atoms with Crippen molar-refractivity contribution in [2.75, 3.05) is 0 Å². The third kappa shape index (κ3) is 10.6. The van der Waals surface area contributed by atoms with Gasteiger partial charge in [0.1, 0.15) is 0 Å². The van der Waals surface area contributed by atoms with E-state index in [9.17, 15) is 0 Å². The van der Waals surface area contributed by atoms with Crippen LogP contribution in [0.5, 0.6) is 0 Å². The van der Waals surface area contributed by atoms with Gasteiger partial charge in [-0.3, -0.25) is 12.2 Å². The number of rotatable bonds is 6. The SMILES string of the molecule is CCCCC1=[C-]CC=C1.CCCCC1=[C-]CC=C1.[CH3-].[Zr+3]. The first kappa shape index (κ1) is 22.1. The second-order valence-corrected chi connectivity index (χ2v) is 4.82. The predicted octanol–water partition coefficient (Wildman–Crippen LogP) is 6.18. The first-order valence-corrected chi connectivity index (χ1v) is 7.39. The van der Waals surface area contributed by atoms with Crippen molar-refractivity contribution < 1.29 is 26.2 Å². The predicted molar refractivity (Wildman–Crippen MR) is 86.5 cm³/mol. The molecule has 0 aromatic carbocycles. The fraction of sp³-hybridized carbons (Fsp3) is 0.526. The molecule has 0 unspecified atom stereocenters. The number of unbranched alkanes of at least 4 members (excludes halogenated alkanes) is 2. The van der Waals surface area contributed by atoms with Crippen molar-refractivity contribution in [3.05, 3.63) is 55.0 Å². The summed E-state index contributed by atoms with van der Waals surface area (Å²) >= 11 is 0. The molecule has 0 aromatic heterocycles. The largest absolute Gasteiger partial charge is 3.00 e. The molecule has 0 saturated heterocycles. The number of hydrogen-bond acceptors (Lipinski definition) is 0. The van der Waals surface area contributed by atoms with Crippen LogP contribution in [-0.2, 0) is 26.2 Å². The van der Waals surface area contributed by atoms with E-state index in [4.69, 9.17) is 0 Å². The molecule has 2 rings (SSSR count). The first-order valence-electron chi connectivity index (χ1n) is 7.39. The van der Waals surface area contributed by atoms with Crippen molar-refractivity contribution in [2.45, 2.75) is 65.2 Å². The fourth-order valence-corrected chi connectivity index (χ4v) is 1.98. The maximum absolute atomic E-state index is 3.30. The molecule has 0 N–H and O–H groups in total. The second-order valence-electron chi connectivity index (χ2n) is 4.82. The van der Waals surface area contributed by atoms with E-state index < -0.39 is 0 Å². The molecule has 1 heteroatoms. The molecule has 2 aliphatic carbocycles. The first-order chi connectivity index (χ1) is 8.86. The molecule has 0 aromatic rings. The van der Waals surface area contributed by atoms with Crippen LogP contribution in [0.1, 0.15) is 65.2 Å². The van der Waals surface area contributed by atoms with Crippen molar-refractivity contribution >= 4 is 0 Å². The van der Waals surface area contributed by atoms with Gasteiger partial charge >= 0.3 is 26.2 Å². The Hall–Kier alpha value is -0.157. The van der Waals surface area contributed by atoms with E-state index in [0.717, 1.165) is 12.8 Å². The van der Waals surface area contributed by atoms with E-state index in [-0.39, 0.29) is 33.6 Å². The molecule has 109 valence electrons. The van der Waals surface area contributed by atoms with E-state index in [2.05, 4.69) is 50.3 Å². The molecular formula is C19H29Zr.